The molecule has 0 saturated heterocycles. The summed E-state index contributed by atoms with van der Waals surface area (Å²) in [7, 11) is 1.99. The van der Waals surface area contributed by atoms with E-state index in [-0.39, 0.29) is 0 Å². The Labute approximate surface area is 89.3 Å². The van der Waals surface area contributed by atoms with Crippen molar-refractivity contribution in [3.05, 3.63) is 5.82 Å². The molecule has 2 unspecified atom stereocenters. The van der Waals surface area contributed by atoms with Crippen molar-refractivity contribution in [1.29, 1.82) is 0 Å². The van der Waals surface area contributed by atoms with Crippen LogP contribution in [0.25, 0.3) is 0 Å². The number of H-pyrrole nitrogens is 1. The molecule has 0 aliphatic carbocycles. The molecule has 14 heavy (non-hydrogen) atoms. The molecule has 1 rings (SSSR count). The second-order valence-electron chi connectivity index (χ2n) is 3.33. The molecule has 0 spiro atoms. The molecule has 2 atom stereocenters. The van der Waals surface area contributed by atoms with Gasteiger partial charge in [0, 0.05) is 11.3 Å². The summed E-state index contributed by atoms with van der Waals surface area (Å²) in [6.45, 7) is 6.29. The largest absolute Gasteiger partial charge is 0.316 e. The van der Waals surface area contributed by atoms with Gasteiger partial charge in [-0.2, -0.15) is 0 Å². The molecule has 0 aliphatic heterocycles. The van der Waals surface area contributed by atoms with Crippen LogP contribution in [0, 0.1) is 6.92 Å². The maximum absolute atomic E-state index is 4.27. The number of nitrogens with one attached hydrogen (secondary N) is 2. The smallest absolute Gasteiger partial charge is 0.208 e. The highest BCUT2D eigenvalue weighted by Gasteiger charge is 2.16. The fraction of sp³-hybridized carbons (Fsp3) is 0.778. The molecule has 0 aliphatic rings. The third-order valence-corrected chi connectivity index (χ3v) is 3.34. The minimum absolute atomic E-state index is 0.486. The van der Waals surface area contributed by atoms with Gasteiger partial charge in [-0.15, -0.1) is 5.10 Å². The molecular formula is C9H18N4S. The first-order chi connectivity index (χ1) is 6.67. The standard InChI is InChI=1S/C9H18N4S/c1-5-8(10-4)6(2)14-9-11-7(3)12-13-9/h6,8,10H,5H2,1-4H3,(H,11,12,13). The van der Waals surface area contributed by atoms with Crippen LogP contribution in [0.5, 0.6) is 0 Å². The van der Waals surface area contributed by atoms with Gasteiger partial charge in [0.1, 0.15) is 5.82 Å². The summed E-state index contributed by atoms with van der Waals surface area (Å²) in [6.07, 6.45) is 1.12. The lowest BCUT2D eigenvalue weighted by Gasteiger charge is -2.19. The van der Waals surface area contributed by atoms with E-state index in [0.717, 1.165) is 17.4 Å². The summed E-state index contributed by atoms with van der Waals surface area (Å²) in [5.74, 6) is 0.872. The summed E-state index contributed by atoms with van der Waals surface area (Å²) >= 11 is 1.71. The normalized spacial score (nSPS) is 15.4. The van der Waals surface area contributed by atoms with Crippen molar-refractivity contribution >= 4 is 11.8 Å². The van der Waals surface area contributed by atoms with Gasteiger partial charge in [0.05, 0.1) is 0 Å². The molecule has 0 aromatic carbocycles. The number of hydrogen-bond acceptors (Lipinski definition) is 4. The summed E-state index contributed by atoms with van der Waals surface area (Å²) < 4.78 is 0. The molecule has 0 fully saturated rings. The first-order valence-electron chi connectivity index (χ1n) is 4.90. The number of hydrogen-bond donors (Lipinski definition) is 2. The van der Waals surface area contributed by atoms with Gasteiger partial charge in [0.2, 0.25) is 5.16 Å². The second kappa shape index (κ2) is 5.36. The molecular weight excluding hydrogens is 196 g/mol. The Morgan fingerprint density at radius 3 is 2.71 bits per heavy atom. The molecule has 0 saturated carbocycles. The zero-order valence-corrected chi connectivity index (χ0v) is 9.98. The first-order valence-corrected chi connectivity index (χ1v) is 5.78. The van der Waals surface area contributed by atoms with Gasteiger partial charge < -0.3 is 5.32 Å². The fourth-order valence-electron chi connectivity index (χ4n) is 1.39. The Morgan fingerprint density at radius 1 is 1.57 bits per heavy atom. The van der Waals surface area contributed by atoms with Crippen LogP contribution in [0.4, 0.5) is 0 Å². The maximum Gasteiger partial charge on any atom is 0.208 e. The molecule has 4 nitrogen and oxygen atoms in total. The highest BCUT2D eigenvalue weighted by atomic mass is 32.2. The summed E-state index contributed by atoms with van der Waals surface area (Å²) in [5.41, 5.74) is 0. The van der Waals surface area contributed by atoms with Crippen LogP contribution in [0.1, 0.15) is 26.1 Å². The van der Waals surface area contributed by atoms with Crippen LogP contribution in [0.3, 0.4) is 0 Å². The van der Waals surface area contributed by atoms with Crippen LogP contribution in [0.2, 0.25) is 0 Å². The van der Waals surface area contributed by atoms with E-state index in [1.165, 1.54) is 0 Å². The van der Waals surface area contributed by atoms with E-state index in [4.69, 9.17) is 0 Å². The van der Waals surface area contributed by atoms with Crippen molar-refractivity contribution in [3.8, 4) is 0 Å². The van der Waals surface area contributed by atoms with E-state index < -0.39 is 0 Å². The van der Waals surface area contributed by atoms with Crippen LogP contribution in [-0.4, -0.2) is 33.5 Å². The minimum Gasteiger partial charge on any atom is -0.316 e. The molecule has 0 bridgehead atoms. The molecule has 2 N–H and O–H groups in total. The predicted molar refractivity (Wildman–Crippen MR) is 59.6 cm³/mol. The Kier molecular flexibility index (Phi) is 4.41. The number of aromatic amines is 1. The van der Waals surface area contributed by atoms with Gasteiger partial charge in [-0.3, -0.25) is 5.10 Å². The monoisotopic (exact) mass is 214 g/mol. The number of rotatable bonds is 5. The van der Waals surface area contributed by atoms with E-state index in [0.29, 0.717) is 11.3 Å². The highest BCUT2D eigenvalue weighted by Crippen LogP contribution is 2.22. The molecule has 5 heteroatoms. The van der Waals surface area contributed by atoms with Gasteiger partial charge >= 0.3 is 0 Å². The van der Waals surface area contributed by atoms with E-state index in [9.17, 15) is 0 Å². The Bertz CT molecular complexity index is 270. The van der Waals surface area contributed by atoms with Gasteiger partial charge in [-0.05, 0) is 20.4 Å². The van der Waals surface area contributed by atoms with Crippen molar-refractivity contribution < 1.29 is 0 Å². The average Bonchev–Trinajstić information content (AvgIpc) is 2.53. The van der Waals surface area contributed by atoms with Gasteiger partial charge in [-0.25, -0.2) is 4.98 Å². The van der Waals surface area contributed by atoms with Crippen molar-refractivity contribution in [3.63, 3.8) is 0 Å². The van der Waals surface area contributed by atoms with Crippen molar-refractivity contribution in [2.45, 2.75) is 43.6 Å². The quantitative estimate of drug-likeness (QED) is 0.731. The Hall–Kier alpha value is -0.550. The number of aryl methyl sites for hydroxylation is 1. The number of nitrogens with zero attached hydrogens (tertiary/aromatic N) is 2. The second-order valence-corrected chi connectivity index (χ2v) is 4.67. The average molecular weight is 214 g/mol. The molecule has 0 amide bonds. The van der Waals surface area contributed by atoms with Gasteiger partial charge in [-0.1, -0.05) is 25.6 Å². The van der Waals surface area contributed by atoms with E-state index >= 15 is 0 Å². The van der Waals surface area contributed by atoms with Gasteiger partial charge in [0.15, 0.2) is 0 Å². The lowest BCUT2D eigenvalue weighted by Crippen LogP contribution is -2.33. The lowest BCUT2D eigenvalue weighted by molar-refractivity contribution is 0.541. The predicted octanol–water partition coefficient (Wildman–Crippen LogP) is 1.59. The number of aromatic nitrogens is 3. The van der Waals surface area contributed by atoms with E-state index in [1.54, 1.807) is 11.8 Å². The van der Waals surface area contributed by atoms with Crippen LogP contribution in [0.15, 0.2) is 5.16 Å². The summed E-state index contributed by atoms with van der Waals surface area (Å²) in [5, 5.41) is 11.6. The van der Waals surface area contributed by atoms with Crippen LogP contribution >= 0.6 is 11.8 Å². The SMILES string of the molecule is CCC(NC)C(C)Sc1n[nH]c(C)n1. The van der Waals surface area contributed by atoms with Gasteiger partial charge in [0.25, 0.3) is 0 Å². The Balaban J connectivity index is 2.51. The fourth-order valence-corrected chi connectivity index (χ4v) is 2.51. The first kappa shape index (κ1) is 11.5. The summed E-state index contributed by atoms with van der Waals surface area (Å²) in [4.78, 5) is 4.27. The zero-order valence-electron chi connectivity index (χ0n) is 9.16. The van der Waals surface area contributed by atoms with Crippen LogP contribution < -0.4 is 5.32 Å². The number of thioether (sulfide) groups is 1. The molecule has 80 valence electrons. The van der Waals surface area contributed by atoms with Crippen LogP contribution in [-0.2, 0) is 0 Å². The highest BCUT2D eigenvalue weighted by molar-refractivity contribution is 7.99. The van der Waals surface area contributed by atoms with E-state index in [2.05, 4.69) is 34.3 Å². The van der Waals surface area contributed by atoms with Crippen molar-refractivity contribution in [2.24, 2.45) is 0 Å². The van der Waals surface area contributed by atoms with E-state index in [1.807, 2.05) is 14.0 Å². The zero-order chi connectivity index (χ0) is 10.6. The third-order valence-electron chi connectivity index (χ3n) is 2.25. The van der Waals surface area contributed by atoms with Crippen molar-refractivity contribution in [2.75, 3.05) is 7.05 Å². The third kappa shape index (κ3) is 2.99. The molecule has 1 aromatic heterocycles. The van der Waals surface area contributed by atoms with Crippen molar-refractivity contribution in [1.82, 2.24) is 20.5 Å². The molecule has 1 aromatic rings. The summed E-state index contributed by atoms with van der Waals surface area (Å²) in [6, 6.07) is 0.513. The minimum atomic E-state index is 0.486. The Morgan fingerprint density at radius 2 is 2.29 bits per heavy atom. The lowest BCUT2D eigenvalue weighted by atomic mass is 10.2. The molecule has 0 radical (unpaired) electrons. The maximum atomic E-state index is 4.27. The molecule has 1 heterocycles. The topological polar surface area (TPSA) is 53.6 Å².